The van der Waals surface area contributed by atoms with Crippen LogP contribution in [0.1, 0.15) is 246 Å². The summed E-state index contributed by atoms with van der Waals surface area (Å²) in [5, 5.41) is 159. The molecule has 0 aliphatic carbocycles. The number of hydrogen-bond donors (Lipinski definition) is 16. The average Bonchev–Trinajstić information content (AvgIpc) is 0.923. The molecular weight excluding hydrogens is 1230 g/mol. The fraction of sp³-hybridized carbons (Fsp3) is 0.971. The van der Waals surface area contributed by atoms with Crippen molar-refractivity contribution in [1.29, 1.82) is 0 Å². The third-order valence-corrected chi connectivity index (χ3v) is 19.0. The first-order valence-corrected chi connectivity index (χ1v) is 36.3. The van der Waals surface area contributed by atoms with Gasteiger partial charge in [0.15, 0.2) is 25.2 Å². The van der Waals surface area contributed by atoms with Crippen molar-refractivity contribution in [3.8, 4) is 0 Å². The molecule has 4 heterocycles. The van der Waals surface area contributed by atoms with Gasteiger partial charge in [0.05, 0.1) is 44.7 Å². The summed E-state index contributed by atoms with van der Waals surface area (Å²) in [6.07, 6.45) is 0.267. The van der Waals surface area contributed by atoms with E-state index in [0.717, 1.165) is 64.7 Å². The molecule has 94 heavy (non-hydrogen) atoms. The number of rotatable bonds is 52. The molecule has 0 bridgehead atoms. The van der Waals surface area contributed by atoms with Gasteiger partial charge in [0.2, 0.25) is 11.8 Å². The molecule has 2 amide bonds. The SMILES string of the molecule is CCCCCCCCCCCCCCCCCCCCCC[C@@H](O)C(=O)N[C@@H](CO[C@H]1O[C@H](CO)[C@H](O)[C@H](O)[C@H]1O[C@H]1O[C@H](CO[C@@H]2O[C@H](CO[C@H]3O[C@H]([C@H](C)O)[C@@H](O)[C@@H]3O)[C@H](O)[C@H](O)[C@H]2NC(C)=O)[C@H](O)[C@H](O)[C@H]1O)[C@H](O)[C@H](O)CCCCCCCCCCCCCC. The molecule has 26 heteroatoms. The number of amides is 2. The van der Waals surface area contributed by atoms with Crippen LogP contribution in [-0.4, -0.2) is 257 Å². The highest BCUT2D eigenvalue weighted by atomic mass is 16.8. The zero-order valence-corrected chi connectivity index (χ0v) is 57.1. The summed E-state index contributed by atoms with van der Waals surface area (Å²) < 4.78 is 46.7. The predicted octanol–water partition coefficient (Wildman–Crippen LogP) is 3.32. The molecule has 4 aliphatic rings. The van der Waals surface area contributed by atoms with Crippen LogP contribution in [0.3, 0.4) is 0 Å². The molecule has 0 saturated carbocycles. The van der Waals surface area contributed by atoms with E-state index in [9.17, 15) is 81.1 Å². The van der Waals surface area contributed by atoms with E-state index in [-0.39, 0.29) is 12.8 Å². The van der Waals surface area contributed by atoms with E-state index in [1.54, 1.807) is 0 Å². The minimum atomic E-state index is -2.09. The maximum Gasteiger partial charge on any atom is 0.249 e. The summed E-state index contributed by atoms with van der Waals surface area (Å²) >= 11 is 0. The van der Waals surface area contributed by atoms with Crippen LogP contribution in [0.25, 0.3) is 0 Å². The van der Waals surface area contributed by atoms with Gasteiger partial charge in [-0.25, -0.2) is 0 Å². The van der Waals surface area contributed by atoms with E-state index in [0.29, 0.717) is 12.8 Å². The highest BCUT2D eigenvalue weighted by molar-refractivity contribution is 5.80. The Kier molecular flexibility index (Phi) is 43.1. The second-order valence-corrected chi connectivity index (χ2v) is 27.1. The standard InChI is InChI=1S/C68H128N2O24/c1-5-7-9-11-13-15-17-19-20-21-22-23-24-25-26-28-30-32-34-36-38-47(75)64(86)70-45(52(76)46(74)37-35-33-31-29-27-18-16-14-12-10-8-6-2)40-87-68-63(58(82)53(77)48(39-71)90-68)94-67-60(84)57(81)55(79)50(92-67)41-88-65-51(69-44(4)73)56(80)54(78)49(91-65)42-89-66-61(85)59(83)62(93-66)43(3)72/h43,45-63,65-68,71-72,74-85H,5-42H2,1-4H3,(H,69,73)(H,70,86)/t43-,45-,46+,47+,48+,49+,50+,51+,52-,53-,54-,55-,56+,57-,58-,59-,60+,61-,62+,63+,65+,66-,67+,68-/m0/s1. The Balaban J connectivity index is 1.37. The topological polar surface area (TPSA) is 415 Å². The third-order valence-electron chi connectivity index (χ3n) is 19.0. The molecule has 554 valence electrons. The van der Waals surface area contributed by atoms with Crippen LogP contribution in [0.15, 0.2) is 0 Å². The van der Waals surface area contributed by atoms with Crippen molar-refractivity contribution in [2.24, 2.45) is 0 Å². The van der Waals surface area contributed by atoms with Crippen LogP contribution in [0.4, 0.5) is 0 Å². The number of aliphatic hydroxyl groups is 14. The minimum absolute atomic E-state index is 0.126. The zero-order chi connectivity index (χ0) is 69.0. The highest BCUT2D eigenvalue weighted by Gasteiger charge is 2.53. The molecule has 0 aromatic rings. The first kappa shape index (κ1) is 84.5. The number of hydrogen-bond acceptors (Lipinski definition) is 24. The smallest absolute Gasteiger partial charge is 0.249 e. The van der Waals surface area contributed by atoms with E-state index < -0.39 is 185 Å². The number of carbonyl (C=O) groups excluding carboxylic acids is 2. The lowest BCUT2D eigenvalue weighted by Crippen LogP contribution is -2.66. The molecule has 16 N–H and O–H groups in total. The Morgan fingerprint density at radius 1 is 0.436 bits per heavy atom. The van der Waals surface area contributed by atoms with Crippen LogP contribution >= 0.6 is 0 Å². The fourth-order valence-electron chi connectivity index (χ4n) is 12.9. The molecule has 0 spiro atoms. The van der Waals surface area contributed by atoms with Crippen molar-refractivity contribution in [2.75, 3.05) is 26.4 Å². The molecule has 24 atom stereocenters. The summed E-state index contributed by atoms with van der Waals surface area (Å²) in [4.78, 5) is 26.0. The largest absolute Gasteiger partial charge is 0.394 e. The van der Waals surface area contributed by atoms with Crippen molar-refractivity contribution in [3.05, 3.63) is 0 Å². The molecule has 4 rings (SSSR count). The quantitative estimate of drug-likeness (QED) is 0.0388. The number of nitrogens with one attached hydrogen (secondary N) is 2. The lowest BCUT2D eigenvalue weighted by molar-refractivity contribution is -0.371. The van der Waals surface area contributed by atoms with Gasteiger partial charge in [-0.2, -0.15) is 0 Å². The van der Waals surface area contributed by atoms with Gasteiger partial charge in [-0.1, -0.05) is 219 Å². The van der Waals surface area contributed by atoms with Gasteiger partial charge in [0, 0.05) is 6.92 Å². The second kappa shape index (κ2) is 48.0. The first-order chi connectivity index (χ1) is 45.2. The predicted molar refractivity (Wildman–Crippen MR) is 346 cm³/mol. The van der Waals surface area contributed by atoms with Crippen LogP contribution in [0, 0.1) is 0 Å². The van der Waals surface area contributed by atoms with E-state index in [1.165, 1.54) is 142 Å². The van der Waals surface area contributed by atoms with E-state index in [1.807, 2.05) is 0 Å². The number of ether oxygens (including phenoxy) is 8. The van der Waals surface area contributed by atoms with Gasteiger partial charge in [-0.3, -0.25) is 9.59 Å². The summed E-state index contributed by atoms with van der Waals surface area (Å²) in [6.45, 7) is 3.99. The summed E-state index contributed by atoms with van der Waals surface area (Å²) in [7, 11) is 0. The Labute approximate surface area is 559 Å². The Bertz CT molecular complexity index is 1940. The molecule has 0 aromatic heterocycles. The van der Waals surface area contributed by atoms with Crippen molar-refractivity contribution in [1.82, 2.24) is 10.6 Å². The molecule has 4 fully saturated rings. The average molecular weight is 1360 g/mol. The van der Waals surface area contributed by atoms with E-state index >= 15 is 0 Å². The van der Waals surface area contributed by atoms with Gasteiger partial charge in [-0.05, 0) is 19.8 Å². The van der Waals surface area contributed by atoms with Crippen molar-refractivity contribution in [3.63, 3.8) is 0 Å². The van der Waals surface area contributed by atoms with E-state index in [2.05, 4.69) is 24.5 Å². The fourth-order valence-corrected chi connectivity index (χ4v) is 12.9. The van der Waals surface area contributed by atoms with Crippen LogP contribution in [0.5, 0.6) is 0 Å². The lowest BCUT2D eigenvalue weighted by Gasteiger charge is -2.47. The van der Waals surface area contributed by atoms with Gasteiger partial charge < -0.3 is 120 Å². The lowest BCUT2D eigenvalue weighted by atomic mass is 9.96. The number of aliphatic hydroxyl groups excluding tert-OH is 14. The van der Waals surface area contributed by atoms with Crippen LogP contribution in [0.2, 0.25) is 0 Å². The minimum Gasteiger partial charge on any atom is -0.394 e. The Hall–Kier alpha value is -1.94. The monoisotopic (exact) mass is 1360 g/mol. The Morgan fingerprint density at radius 2 is 0.840 bits per heavy atom. The first-order valence-electron chi connectivity index (χ1n) is 36.3. The molecule has 4 saturated heterocycles. The maximum absolute atomic E-state index is 13.7. The number of carbonyl (C=O) groups is 2. The Morgan fingerprint density at radius 3 is 1.29 bits per heavy atom. The molecule has 0 aromatic carbocycles. The molecule has 26 nitrogen and oxygen atoms in total. The second-order valence-electron chi connectivity index (χ2n) is 27.1. The van der Waals surface area contributed by atoms with Gasteiger partial charge >= 0.3 is 0 Å². The van der Waals surface area contributed by atoms with Gasteiger partial charge in [-0.15, -0.1) is 0 Å². The molecule has 0 unspecified atom stereocenters. The normalized spacial score (nSPS) is 32.3. The van der Waals surface area contributed by atoms with Crippen molar-refractivity contribution < 1.29 is 119 Å². The van der Waals surface area contributed by atoms with Crippen LogP contribution < -0.4 is 10.6 Å². The third kappa shape index (κ3) is 29.7. The molecule has 0 radical (unpaired) electrons. The highest BCUT2D eigenvalue weighted by Crippen LogP contribution is 2.33. The van der Waals surface area contributed by atoms with Crippen LogP contribution in [-0.2, 0) is 47.5 Å². The van der Waals surface area contributed by atoms with Crippen molar-refractivity contribution >= 4 is 11.8 Å². The van der Waals surface area contributed by atoms with Gasteiger partial charge in [0.25, 0.3) is 0 Å². The zero-order valence-electron chi connectivity index (χ0n) is 57.1. The van der Waals surface area contributed by atoms with E-state index in [4.69, 9.17) is 37.9 Å². The summed E-state index contributed by atoms with van der Waals surface area (Å²) in [6, 6.07) is -2.92. The van der Waals surface area contributed by atoms with Gasteiger partial charge in [0.1, 0.15) is 104 Å². The summed E-state index contributed by atoms with van der Waals surface area (Å²) in [5.41, 5.74) is 0. The molecule has 4 aliphatic heterocycles. The molecular formula is C68H128N2O24. The van der Waals surface area contributed by atoms with Crippen molar-refractivity contribution in [2.45, 2.75) is 393 Å². The maximum atomic E-state index is 13.7. The summed E-state index contributed by atoms with van der Waals surface area (Å²) in [5.74, 6) is -1.53. The number of unbranched alkanes of at least 4 members (excludes halogenated alkanes) is 30.